The average molecular weight is 375 g/mol. The number of carbonyl (C=O) groups is 2. The van der Waals surface area contributed by atoms with Crippen molar-refractivity contribution in [1.82, 2.24) is 10.2 Å². The molecule has 0 fully saturated rings. The van der Waals surface area contributed by atoms with E-state index in [2.05, 4.69) is 5.32 Å². The minimum atomic E-state index is -0.162. The van der Waals surface area contributed by atoms with Crippen LogP contribution < -0.4 is 10.1 Å². The highest BCUT2D eigenvalue weighted by Gasteiger charge is 2.11. The Morgan fingerprint density at radius 2 is 1.81 bits per heavy atom. The van der Waals surface area contributed by atoms with Crippen LogP contribution in [-0.2, 0) is 4.79 Å². The van der Waals surface area contributed by atoms with Gasteiger partial charge in [-0.05, 0) is 42.8 Å². The Hall–Kier alpha value is -2.53. The topological polar surface area (TPSA) is 58.6 Å². The molecule has 2 aromatic carbocycles. The van der Waals surface area contributed by atoms with Gasteiger partial charge in [-0.2, -0.15) is 0 Å². The maximum absolute atomic E-state index is 12.1. The number of nitrogens with one attached hydrogen (secondary N) is 1. The molecule has 138 valence electrons. The van der Waals surface area contributed by atoms with Crippen LogP contribution in [0.25, 0.3) is 0 Å². The van der Waals surface area contributed by atoms with Gasteiger partial charge in [0.05, 0.1) is 6.54 Å². The Balaban J connectivity index is 1.67. The van der Waals surface area contributed by atoms with E-state index in [9.17, 15) is 9.59 Å². The van der Waals surface area contributed by atoms with Crippen molar-refractivity contribution in [2.24, 2.45) is 0 Å². The second-order valence-corrected chi connectivity index (χ2v) is 6.37. The van der Waals surface area contributed by atoms with Crippen molar-refractivity contribution in [2.45, 2.75) is 13.3 Å². The molecule has 0 spiro atoms. The van der Waals surface area contributed by atoms with Gasteiger partial charge in [0.1, 0.15) is 12.4 Å². The number of halogens is 1. The van der Waals surface area contributed by atoms with Crippen molar-refractivity contribution < 1.29 is 14.3 Å². The molecule has 0 aliphatic carbocycles. The zero-order valence-corrected chi connectivity index (χ0v) is 15.8. The fourth-order valence-corrected chi connectivity index (χ4v) is 2.48. The Labute approximate surface area is 158 Å². The van der Waals surface area contributed by atoms with Crippen LogP contribution in [0.5, 0.6) is 5.75 Å². The van der Waals surface area contributed by atoms with Crippen LogP contribution in [0.3, 0.4) is 0 Å². The number of benzene rings is 2. The Morgan fingerprint density at radius 1 is 1.12 bits per heavy atom. The standard InChI is InChI=1S/C20H23ClN2O3/c1-15-5-3-4-6-18(15)20(25)22-12-11-19(24)23(2)13-14-26-17-9-7-16(21)8-10-17/h3-10H,11-14H2,1-2H3,(H,22,25). The quantitative estimate of drug-likeness (QED) is 0.771. The minimum Gasteiger partial charge on any atom is -0.492 e. The smallest absolute Gasteiger partial charge is 0.251 e. The third-order valence-electron chi connectivity index (χ3n) is 3.95. The summed E-state index contributed by atoms with van der Waals surface area (Å²) >= 11 is 5.82. The Bertz CT molecular complexity index is 747. The van der Waals surface area contributed by atoms with Gasteiger partial charge in [-0.15, -0.1) is 0 Å². The zero-order valence-electron chi connectivity index (χ0n) is 15.0. The van der Waals surface area contributed by atoms with Crippen LogP contribution in [0.1, 0.15) is 22.3 Å². The van der Waals surface area contributed by atoms with Gasteiger partial charge in [0.2, 0.25) is 5.91 Å². The molecule has 0 bridgehead atoms. The molecular weight excluding hydrogens is 352 g/mol. The first-order valence-electron chi connectivity index (χ1n) is 8.43. The molecule has 0 atom stereocenters. The first kappa shape index (κ1) is 19.8. The number of likely N-dealkylation sites (N-methyl/N-ethyl adjacent to an activating group) is 1. The van der Waals surface area contributed by atoms with E-state index in [-0.39, 0.29) is 18.2 Å². The first-order valence-corrected chi connectivity index (χ1v) is 8.81. The third-order valence-corrected chi connectivity index (χ3v) is 4.20. The largest absolute Gasteiger partial charge is 0.492 e. The number of hydrogen-bond acceptors (Lipinski definition) is 3. The SMILES string of the molecule is Cc1ccccc1C(=O)NCCC(=O)N(C)CCOc1ccc(Cl)cc1. The van der Waals surface area contributed by atoms with Crippen molar-refractivity contribution in [3.05, 3.63) is 64.7 Å². The van der Waals surface area contributed by atoms with Crippen molar-refractivity contribution in [2.75, 3.05) is 26.7 Å². The molecule has 2 amide bonds. The van der Waals surface area contributed by atoms with Gasteiger partial charge in [-0.1, -0.05) is 29.8 Å². The van der Waals surface area contributed by atoms with Crippen molar-refractivity contribution in [1.29, 1.82) is 0 Å². The van der Waals surface area contributed by atoms with Crippen molar-refractivity contribution >= 4 is 23.4 Å². The number of amides is 2. The van der Waals surface area contributed by atoms with E-state index in [4.69, 9.17) is 16.3 Å². The number of carbonyl (C=O) groups excluding carboxylic acids is 2. The van der Waals surface area contributed by atoms with Crippen LogP contribution in [0.2, 0.25) is 5.02 Å². The summed E-state index contributed by atoms with van der Waals surface area (Å²) in [5.41, 5.74) is 1.54. The van der Waals surface area contributed by atoms with Gasteiger partial charge in [0.25, 0.3) is 5.91 Å². The fraction of sp³-hybridized carbons (Fsp3) is 0.300. The number of rotatable bonds is 8. The summed E-state index contributed by atoms with van der Waals surface area (Å²) in [6.45, 7) is 3.04. The lowest BCUT2D eigenvalue weighted by atomic mass is 10.1. The number of hydrogen-bond donors (Lipinski definition) is 1. The fourth-order valence-electron chi connectivity index (χ4n) is 2.35. The monoisotopic (exact) mass is 374 g/mol. The highest BCUT2D eigenvalue weighted by Crippen LogP contribution is 2.15. The average Bonchev–Trinajstić information content (AvgIpc) is 2.63. The van der Waals surface area contributed by atoms with E-state index >= 15 is 0 Å². The third kappa shape index (κ3) is 6.08. The summed E-state index contributed by atoms with van der Waals surface area (Å²) < 4.78 is 5.57. The van der Waals surface area contributed by atoms with E-state index in [1.54, 1.807) is 42.3 Å². The van der Waals surface area contributed by atoms with Gasteiger partial charge < -0.3 is 15.0 Å². The van der Waals surface area contributed by atoms with Crippen LogP contribution in [0.15, 0.2) is 48.5 Å². The molecule has 0 aromatic heterocycles. The molecule has 0 saturated heterocycles. The van der Waals surface area contributed by atoms with Crippen LogP contribution in [0, 0.1) is 6.92 Å². The van der Waals surface area contributed by atoms with Gasteiger partial charge >= 0.3 is 0 Å². The highest BCUT2D eigenvalue weighted by atomic mass is 35.5. The van der Waals surface area contributed by atoms with Gasteiger partial charge in [-0.3, -0.25) is 9.59 Å². The maximum atomic E-state index is 12.1. The van der Waals surface area contributed by atoms with E-state index in [1.165, 1.54) is 0 Å². The van der Waals surface area contributed by atoms with E-state index in [1.807, 2.05) is 25.1 Å². The second-order valence-electron chi connectivity index (χ2n) is 5.94. The summed E-state index contributed by atoms with van der Waals surface area (Å²) in [4.78, 5) is 25.8. The lowest BCUT2D eigenvalue weighted by molar-refractivity contribution is -0.130. The van der Waals surface area contributed by atoms with Crippen LogP contribution in [0.4, 0.5) is 0 Å². The molecule has 0 saturated carbocycles. The zero-order chi connectivity index (χ0) is 18.9. The minimum absolute atomic E-state index is 0.0465. The number of ether oxygens (including phenoxy) is 1. The van der Waals surface area contributed by atoms with E-state index in [0.717, 1.165) is 5.56 Å². The number of aryl methyl sites for hydroxylation is 1. The van der Waals surface area contributed by atoms with Gasteiger partial charge in [0.15, 0.2) is 0 Å². The Morgan fingerprint density at radius 3 is 2.50 bits per heavy atom. The van der Waals surface area contributed by atoms with Crippen LogP contribution >= 0.6 is 11.6 Å². The molecule has 2 aromatic rings. The highest BCUT2D eigenvalue weighted by molar-refractivity contribution is 6.30. The maximum Gasteiger partial charge on any atom is 0.251 e. The molecule has 0 unspecified atom stereocenters. The van der Waals surface area contributed by atoms with Crippen molar-refractivity contribution in [3.8, 4) is 5.75 Å². The van der Waals surface area contributed by atoms with E-state index < -0.39 is 0 Å². The van der Waals surface area contributed by atoms with Gasteiger partial charge in [0, 0.05) is 30.6 Å². The summed E-state index contributed by atoms with van der Waals surface area (Å²) in [7, 11) is 1.72. The molecule has 2 rings (SSSR count). The summed E-state index contributed by atoms with van der Waals surface area (Å²) in [5.74, 6) is 0.500. The predicted octanol–water partition coefficient (Wildman–Crippen LogP) is 3.31. The van der Waals surface area contributed by atoms with E-state index in [0.29, 0.717) is 36.0 Å². The Kier molecular flexibility index (Phi) is 7.48. The summed E-state index contributed by atoms with van der Waals surface area (Å²) in [5, 5.41) is 3.43. The molecule has 26 heavy (non-hydrogen) atoms. The molecule has 5 nitrogen and oxygen atoms in total. The normalized spacial score (nSPS) is 10.3. The number of nitrogens with zero attached hydrogens (tertiary/aromatic N) is 1. The van der Waals surface area contributed by atoms with Crippen LogP contribution in [-0.4, -0.2) is 43.5 Å². The molecule has 0 aliphatic rings. The van der Waals surface area contributed by atoms with Gasteiger partial charge in [-0.25, -0.2) is 0 Å². The lowest BCUT2D eigenvalue weighted by Crippen LogP contribution is -2.34. The molecule has 0 heterocycles. The molecule has 0 aliphatic heterocycles. The second kappa shape index (κ2) is 9.82. The first-order chi connectivity index (χ1) is 12.5. The lowest BCUT2D eigenvalue weighted by Gasteiger charge is -2.18. The summed E-state index contributed by atoms with van der Waals surface area (Å²) in [6.07, 6.45) is 0.245. The molecule has 6 heteroatoms. The molecule has 0 radical (unpaired) electrons. The summed E-state index contributed by atoms with van der Waals surface area (Å²) in [6, 6.07) is 14.4. The van der Waals surface area contributed by atoms with Crippen molar-refractivity contribution in [3.63, 3.8) is 0 Å². The molecule has 1 N–H and O–H groups in total. The predicted molar refractivity (Wildman–Crippen MR) is 103 cm³/mol. The molecular formula is C20H23ClN2O3.